The number of benzene rings is 2. The van der Waals surface area contributed by atoms with Gasteiger partial charge in [-0.15, -0.1) is 11.8 Å². The Bertz CT molecular complexity index is 1150. The third kappa shape index (κ3) is 4.58. The molecule has 0 saturated carbocycles. The molecule has 33 heavy (non-hydrogen) atoms. The molecule has 1 amide bonds. The average molecular weight is 501 g/mol. The number of thioether (sulfide) groups is 1. The first-order valence-electron chi connectivity index (χ1n) is 10.3. The van der Waals surface area contributed by atoms with E-state index in [9.17, 15) is 26.4 Å². The molecule has 0 N–H and O–H groups in total. The highest BCUT2D eigenvalue weighted by molar-refractivity contribution is 8.00. The molecule has 2 saturated heterocycles. The summed E-state index contributed by atoms with van der Waals surface area (Å²) >= 11 is 1.62. The van der Waals surface area contributed by atoms with E-state index in [1.807, 2.05) is 0 Å². The zero-order chi connectivity index (χ0) is 23.9. The number of hydrogen-bond donors (Lipinski definition) is 0. The molecular formula is C22H23F3N2O4S2. The fourth-order valence-electron chi connectivity index (χ4n) is 4.28. The Balaban J connectivity index is 1.52. The number of piperidine rings is 1. The lowest BCUT2D eigenvalue weighted by molar-refractivity contribution is -0.137. The molecule has 0 aromatic heterocycles. The van der Waals surface area contributed by atoms with E-state index in [0.29, 0.717) is 36.8 Å². The Kier molecular flexibility index (Phi) is 6.41. The number of sulfonamides is 1. The maximum atomic E-state index is 13.2. The zero-order valence-corrected chi connectivity index (χ0v) is 19.5. The summed E-state index contributed by atoms with van der Waals surface area (Å²) in [5.74, 6) is 1.16. The third-order valence-electron chi connectivity index (χ3n) is 6.04. The van der Waals surface area contributed by atoms with Crippen LogP contribution in [0.5, 0.6) is 5.75 Å². The van der Waals surface area contributed by atoms with Crippen LogP contribution in [0.4, 0.5) is 13.2 Å². The standard InChI is InChI=1S/C22H23F3N2O4S2/c1-31-18-6-2-4-16(14-18)20(28)27-12-13-32-21(27)8-10-26(11-9-21)33(29,30)19-7-3-5-17(15-19)22(23,24)25/h2-7,14-15H,8-13H2,1H3. The van der Waals surface area contributed by atoms with Crippen LogP contribution >= 0.6 is 11.8 Å². The van der Waals surface area contributed by atoms with E-state index >= 15 is 0 Å². The van der Waals surface area contributed by atoms with Crippen molar-refractivity contribution in [2.75, 3.05) is 32.5 Å². The van der Waals surface area contributed by atoms with Crippen molar-refractivity contribution in [2.24, 2.45) is 0 Å². The van der Waals surface area contributed by atoms with E-state index in [2.05, 4.69) is 0 Å². The van der Waals surface area contributed by atoms with Crippen LogP contribution in [0, 0.1) is 0 Å². The first-order chi connectivity index (χ1) is 15.6. The summed E-state index contributed by atoms with van der Waals surface area (Å²) in [7, 11) is -2.56. The Morgan fingerprint density at radius 3 is 2.42 bits per heavy atom. The topological polar surface area (TPSA) is 66.9 Å². The van der Waals surface area contributed by atoms with Crippen molar-refractivity contribution < 1.29 is 31.1 Å². The summed E-state index contributed by atoms with van der Waals surface area (Å²) in [5.41, 5.74) is -0.506. The Morgan fingerprint density at radius 2 is 1.76 bits per heavy atom. The second-order valence-corrected chi connectivity index (χ2v) is 11.3. The molecule has 178 valence electrons. The molecule has 11 heteroatoms. The molecule has 4 rings (SSSR count). The number of nitrogens with zero attached hydrogens (tertiary/aromatic N) is 2. The molecule has 0 bridgehead atoms. The quantitative estimate of drug-likeness (QED) is 0.633. The van der Waals surface area contributed by atoms with Gasteiger partial charge >= 0.3 is 6.18 Å². The van der Waals surface area contributed by atoms with Crippen LogP contribution in [-0.2, 0) is 16.2 Å². The number of amides is 1. The van der Waals surface area contributed by atoms with Gasteiger partial charge in [-0.05, 0) is 49.2 Å². The van der Waals surface area contributed by atoms with Crippen molar-refractivity contribution in [1.29, 1.82) is 0 Å². The molecule has 2 aliphatic rings. The average Bonchev–Trinajstić information content (AvgIpc) is 3.21. The van der Waals surface area contributed by atoms with Gasteiger partial charge in [-0.3, -0.25) is 4.79 Å². The van der Waals surface area contributed by atoms with Crippen molar-refractivity contribution in [1.82, 2.24) is 9.21 Å². The summed E-state index contributed by atoms with van der Waals surface area (Å²) in [6, 6.07) is 10.7. The highest BCUT2D eigenvalue weighted by atomic mass is 32.2. The lowest BCUT2D eigenvalue weighted by Crippen LogP contribution is -2.53. The summed E-state index contributed by atoms with van der Waals surface area (Å²) in [6.45, 7) is 0.780. The molecule has 0 aliphatic carbocycles. The molecule has 2 aliphatic heterocycles. The predicted octanol–water partition coefficient (Wildman–Crippen LogP) is 4.08. The number of rotatable bonds is 4. The Labute approximate surface area is 194 Å². The minimum absolute atomic E-state index is 0.119. The van der Waals surface area contributed by atoms with Gasteiger partial charge in [0.25, 0.3) is 5.91 Å². The van der Waals surface area contributed by atoms with Crippen molar-refractivity contribution in [3.8, 4) is 5.75 Å². The number of carbonyl (C=O) groups excluding carboxylic acids is 1. The Morgan fingerprint density at radius 1 is 1.06 bits per heavy atom. The molecule has 1 spiro atoms. The minimum atomic E-state index is -4.63. The minimum Gasteiger partial charge on any atom is -0.497 e. The SMILES string of the molecule is COc1cccc(C(=O)N2CCSC23CCN(S(=O)(=O)c2cccc(C(F)(F)F)c2)CC3)c1. The van der Waals surface area contributed by atoms with Gasteiger partial charge in [-0.1, -0.05) is 12.1 Å². The van der Waals surface area contributed by atoms with E-state index in [1.54, 1.807) is 40.9 Å². The van der Waals surface area contributed by atoms with Gasteiger partial charge in [0.1, 0.15) is 5.75 Å². The number of ether oxygens (including phenoxy) is 1. The summed E-state index contributed by atoms with van der Waals surface area (Å²) < 4.78 is 71.6. The smallest absolute Gasteiger partial charge is 0.416 e. The summed E-state index contributed by atoms with van der Waals surface area (Å²) in [6.07, 6.45) is -3.84. The normalized spacial score (nSPS) is 19.1. The van der Waals surface area contributed by atoms with Gasteiger partial charge in [0.05, 0.1) is 22.4 Å². The van der Waals surface area contributed by atoms with Crippen LogP contribution in [0.1, 0.15) is 28.8 Å². The van der Waals surface area contributed by atoms with E-state index in [0.717, 1.165) is 17.9 Å². The highest BCUT2D eigenvalue weighted by Gasteiger charge is 2.48. The lowest BCUT2D eigenvalue weighted by Gasteiger charge is -2.43. The maximum Gasteiger partial charge on any atom is 0.416 e. The van der Waals surface area contributed by atoms with Crippen LogP contribution in [-0.4, -0.2) is 60.9 Å². The predicted molar refractivity (Wildman–Crippen MR) is 119 cm³/mol. The van der Waals surface area contributed by atoms with Crippen LogP contribution in [0.25, 0.3) is 0 Å². The first-order valence-corrected chi connectivity index (χ1v) is 12.8. The van der Waals surface area contributed by atoms with Gasteiger partial charge in [-0.2, -0.15) is 17.5 Å². The van der Waals surface area contributed by atoms with Crippen LogP contribution in [0.2, 0.25) is 0 Å². The number of alkyl halides is 3. The first kappa shape index (κ1) is 23.9. The van der Waals surface area contributed by atoms with Gasteiger partial charge < -0.3 is 9.64 Å². The zero-order valence-electron chi connectivity index (χ0n) is 17.8. The molecule has 0 unspecified atom stereocenters. The van der Waals surface area contributed by atoms with Crippen LogP contribution < -0.4 is 4.74 Å². The van der Waals surface area contributed by atoms with E-state index in [1.165, 1.54) is 17.5 Å². The molecule has 2 heterocycles. The molecule has 2 aromatic rings. The molecule has 6 nitrogen and oxygen atoms in total. The molecule has 0 atom stereocenters. The van der Waals surface area contributed by atoms with E-state index in [4.69, 9.17) is 4.74 Å². The molecule has 0 radical (unpaired) electrons. The number of hydrogen-bond acceptors (Lipinski definition) is 5. The van der Waals surface area contributed by atoms with Crippen LogP contribution in [0.3, 0.4) is 0 Å². The third-order valence-corrected chi connectivity index (χ3v) is 9.49. The van der Waals surface area contributed by atoms with Gasteiger partial charge in [0, 0.05) is 31.0 Å². The number of halogens is 3. The fourth-order valence-corrected chi connectivity index (χ4v) is 7.22. The van der Waals surface area contributed by atoms with Crippen molar-refractivity contribution in [3.63, 3.8) is 0 Å². The van der Waals surface area contributed by atoms with Gasteiger partial charge in [0.15, 0.2) is 0 Å². The monoisotopic (exact) mass is 500 g/mol. The van der Waals surface area contributed by atoms with Crippen molar-refractivity contribution >= 4 is 27.7 Å². The second kappa shape index (κ2) is 8.84. The van der Waals surface area contributed by atoms with Gasteiger partial charge in [0.2, 0.25) is 10.0 Å². The van der Waals surface area contributed by atoms with E-state index in [-0.39, 0.29) is 23.9 Å². The Hall–Kier alpha value is -2.24. The fraction of sp³-hybridized carbons (Fsp3) is 0.409. The van der Waals surface area contributed by atoms with Gasteiger partial charge in [-0.25, -0.2) is 8.42 Å². The van der Waals surface area contributed by atoms with Crippen molar-refractivity contribution in [3.05, 3.63) is 59.7 Å². The molecule has 2 aromatic carbocycles. The van der Waals surface area contributed by atoms with E-state index < -0.39 is 26.6 Å². The van der Waals surface area contributed by atoms with Crippen molar-refractivity contribution in [2.45, 2.75) is 28.8 Å². The number of carbonyl (C=O) groups is 1. The summed E-state index contributed by atoms with van der Waals surface area (Å²) in [5, 5.41) is 0. The van der Waals surface area contributed by atoms with Crippen LogP contribution in [0.15, 0.2) is 53.4 Å². The highest BCUT2D eigenvalue weighted by Crippen LogP contribution is 2.45. The second-order valence-electron chi connectivity index (χ2n) is 7.91. The maximum absolute atomic E-state index is 13.2. The largest absolute Gasteiger partial charge is 0.497 e. The molecular weight excluding hydrogens is 477 g/mol. The number of methoxy groups -OCH3 is 1. The molecule has 2 fully saturated rings. The summed E-state index contributed by atoms with van der Waals surface area (Å²) in [4.78, 5) is 14.1. The lowest BCUT2D eigenvalue weighted by atomic mass is 10.0.